The van der Waals surface area contributed by atoms with Gasteiger partial charge in [-0.05, 0) is 36.5 Å². The molecule has 0 saturated carbocycles. The van der Waals surface area contributed by atoms with Crippen LogP contribution in [-0.4, -0.2) is 83.8 Å². The van der Waals surface area contributed by atoms with Crippen LogP contribution in [-0.2, 0) is 19.1 Å². The third kappa shape index (κ3) is 8.22. The molecule has 1 aromatic rings. The van der Waals surface area contributed by atoms with Crippen LogP contribution in [0, 0.1) is 5.92 Å². The number of nitrogens with zero attached hydrogens (tertiary/aromatic N) is 2. The summed E-state index contributed by atoms with van der Waals surface area (Å²) in [5.41, 5.74) is 7.67. The van der Waals surface area contributed by atoms with E-state index < -0.39 is 11.9 Å². The third-order valence-electron chi connectivity index (χ3n) is 5.04. The molecule has 1 amide bonds. The maximum absolute atomic E-state index is 12.4. The third-order valence-corrected chi connectivity index (χ3v) is 5.04. The Morgan fingerprint density at radius 3 is 2.10 bits per heavy atom. The van der Waals surface area contributed by atoms with Gasteiger partial charge in [-0.15, -0.1) is 0 Å². The Labute approximate surface area is 175 Å². The lowest BCUT2D eigenvalue weighted by Gasteiger charge is -2.33. The highest BCUT2D eigenvalue weighted by Gasteiger charge is 2.23. The number of anilines is 1. The number of likely N-dealkylation sites (tertiary alicyclic amines) is 1. The van der Waals surface area contributed by atoms with Crippen LogP contribution in [0.1, 0.15) is 18.4 Å². The van der Waals surface area contributed by atoms with Crippen LogP contribution in [0.3, 0.4) is 0 Å². The van der Waals surface area contributed by atoms with Crippen molar-refractivity contribution in [3.05, 3.63) is 35.9 Å². The molecule has 0 radical (unpaired) electrons. The van der Waals surface area contributed by atoms with Gasteiger partial charge in [-0.1, -0.05) is 24.3 Å². The van der Waals surface area contributed by atoms with Crippen molar-refractivity contribution in [1.29, 1.82) is 0 Å². The predicted octanol–water partition coefficient (Wildman–Crippen LogP) is 1.01. The van der Waals surface area contributed by atoms with Crippen LogP contribution in [0.5, 0.6) is 0 Å². The van der Waals surface area contributed by atoms with Gasteiger partial charge in [0, 0.05) is 31.9 Å². The van der Waals surface area contributed by atoms with Crippen molar-refractivity contribution in [1.82, 2.24) is 9.80 Å². The second-order valence-electron chi connectivity index (χ2n) is 7.24. The zero-order valence-electron chi connectivity index (χ0n) is 16.9. The minimum absolute atomic E-state index is 0.262. The van der Waals surface area contributed by atoms with Crippen LogP contribution in [0.25, 0.3) is 6.08 Å². The fourth-order valence-corrected chi connectivity index (χ4v) is 3.25. The number of carbonyl (C=O) groups excluding carboxylic acids is 1. The molecule has 0 bridgehead atoms. The second kappa shape index (κ2) is 11.9. The number of carbonyl (C=O) groups is 3. The molecule has 164 valence electrons. The van der Waals surface area contributed by atoms with Crippen LogP contribution < -0.4 is 5.73 Å². The molecular formula is C21H29N3O6. The van der Waals surface area contributed by atoms with E-state index in [2.05, 4.69) is 17.1 Å². The first-order valence-electron chi connectivity index (χ1n) is 9.93. The molecule has 4 N–H and O–H groups in total. The molecule has 9 heteroatoms. The van der Waals surface area contributed by atoms with Gasteiger partial charge in [-0.2, -0.15) is 0 Å². The fourth-order valence-electron chi connectivity index (χ4n) is 3.25. The Morgan fingerprint density at radius 2 is 1.57 bits per heavy atom. The topological polar surface area (TPSA) is 133 Å². The van der Waals surface area contributed by atoms with Gasteiger partial charge in [0.25, 0.3) is 0 Å². The Hall–Kier alpha value is -2.91. The quantitative estimate of drug-likeness (QED) is 0.486. The highest BCUT2D eigenvalue weighted by Crippen LogP contribution is 2.20. The van der Waals surface area contributed by atoms with E-state index in [4.69, 9.17) is 30.3 Å². The summed E-state index contributed by atoms with van der Waals surface area (Å²) in [4.78, 5) is 34.8. The number of benzene rings is 1. The lowest BCUT2D eigenvalue weighted by atomic mass is 9.95. The summed E-state index contributed by atoms with van der Waals surface area (Å²) in [7, 11) is 0. The van der Waals surface area contributed by atoms with Crippen molar-refractivity contribution in [3.63, 3.8) is 0 Å². The summed E-state index contributed by atoms with van der Waals surface area (Å²) >= 11 is 0. The van der Waals surface area contributed by atoms with Gasteiger partial charge in [-0.25, -0.2) is 9.59 Å². The van der Waals surface area contributed by atoms with Crippen molar-refractivity contribution in [3.8, 4) is 0 Å². The maximum Gasteiger partial charge on any atom is 0.414 e. The molecule has 1 aromatic carbocycles. The molecule has 3 rings (SSSR count). The lowest BCUT2D eigenvalue weighted by molar-refractivity contribution is -0.159. The van der Waals surface area contributed by atoms with Gasteiger partial charge >= 0.3 is 11.9 Å². The first-order chi connectivity index (χ1) is 14.3. The van der Waals surface area contributed by atoms with E-state index in [0.29, 0.717) is 12.5 Å². The number of ether oxygens (including phenoxy) is 1. The lowest BCUT2D eigenvalue weighted by Crippen LogP contribution is -2.46. The van der Waals surface area contributed by atoms with E-state index >= 15 is 0 Å². The van der Waals surface area contributed by atoms with Gasteiger partial charge in [0.2, 0.25) is 5.91 Å². The van der Waals surface area contributed by atoms with E-state index in [9.17, 15) is 4.79 Å². The smallest absolute Gasteiger partial charge is 0.414 e. The molecule has 0 aromatic heterocycles. The van der Waals surface area contributed by atoms with Crippen LogP contribution >= 0.6 is 0 Å². The average molecular weight is 419 g/mol. The van der Waals surface area contributed by atoms with Gasteiger partial charge in [0.15, 0.2) is 0 Å². The molecule has 0 atom stereocenters. The van der Waals surface area contributed by atoms with Gasteiger partial charge in [0.1, 0.15) is 0 Å². The normalized spacial score (nSPS) is 17.9. The average Bonchev–Trinajstić information content (AvgIpc) is 2.75. The number of hydrogen-bond donors (Lipinski definition) is 3. The first kappa shape index (κ1) is 23.4. The summed E-state index contributed by atoms with van der Waals surface area (Å²) in [5.74, 6) is -2.84. The second-order valence-corrected chi connectivity index (χ2v) is 7.24. The highest BCUT2D eigenvalue weighted by molar-refractivity contribution is 6.27. The molecule has 0 unspecified atom stereocenters. The number of allylic oxidation sites excluding steroid dienone is 1. The molecule has 2 fully saturated rings. The van der Waals surface area contributed by atoms with Crippen LogP contribution in [0.2, 0.25) is 0 Å². The van der Waals surface area contributed by atoms with E-state index in [1.165, 1.54) is 5.56 Å². The molecule has 30 heavy (non-hydrogen) atoms. The van der Waals surface area contributed by atoms with Crippen molar-refractivity contribution in [2.75, 3.05) is 51.7 Å². The summed E-state index contributed by atoms with van der Waals surface area (Å²) < 4.78 is 5.33. The van der Waals surface area contributed by atoms with Crippen molar-refractivity contribution < 1.29 is 29.3 Å². The number of aliphatic carboxylic acids is 2. The van der Waals surface area contributed by atoms with Crippen LogP contribution in [0.15, 0.2) is 30.3 Å². The molecule has 2 aliphatic rings. The number of hydrogen-bond acceptors (Lipinski definition) is 6. The number of piperidine rings is 1. The fraction of sp³-hybridized carbons (Fsp3) is 0.476. The monoisotopic (exact) mass is 419 g/mol. The summed E-state index contributed by atoms with van der Waals surface area (Å²) in [6.07, 6.45) is 6.52. The Morgan fingerprint density at radius 1 is 1.00 bits per heavy atom. The number of nitrogens with two attached hydrogens (primary N) is 1. The molecule has 2 heterocycles. The Kier molecular flexibility index (Phi) is 9.30. The SMILES string of the molecule is Nc1ccc(/C=C/C2CCN(C(=O)CN3CCOCC3)CC2)cc1.O=C(O)C(=O)O. The first-order valence-corrected chi connectivity index (χ1v) is 9.93. The molecule has 0 aliphatic carbocycles. The number of nitrogen functional groups attached to an aromatic ring is 1. The van der Waals surface area contributed by atoms with E-state index in [1.807, 2.05) is 29.2 Å². The molecule has 2 saturated heterocycles. The van der Waals surface area contributed by atoms with Gasteiger partial charge in [-0.3, -0.25) is 9.69 Å². The maximum atomic E-state index is 12.4. The van der Waals surface area contributed by atoms with E-state index in [-0.39, 0.29) is 5.91 Å². The number of morpholine rings is 1. The minimum atomic E-state index is -1.82. The van der Waals surface area contributed by atoms with E-state index in [0.717, 1.165) is 57.9 Å². The predicted molar refractivity (Wildman–Crippen MR) is 112 cm³/mol. The zero-order chi connectivity index (χ0) is 21.9. The highest BCUT2D eigenvalue weighted by atomic mass is 16.5. The Balaban J connectivity index is 0.000000469. The molecule has 9 nitrogen and oxygen atoms in total. The summed E-state index contributed by atoms with van der Waals surface area (Å²) in [6, 6.07) is 7.92. The van der Waals surface area contributed by atoms with E-state index in [1.54, 1.807) is 0 Å². The minimum Gasteiger partial charge on any atom is -0.473 e. The zero-order valence-corrected chi connectivity index (χ0v) is 16.9. The van der Waals surface area contributed by atoms with Crippen molar-refractivity contribution in [2.24, 2.45) is 5.92 Å². The number of rotatable bonds is 4. The Bertz CT molecular complexity index is 724. The van der Waals surface area contributed by atoms with Crippen molar-refractivity contribution in [2.45, 2.75) is 12.8 Å². The number of amides is 1. The standard InChI is InChI=1S/C19H27N3O2.C2H2O4/c20-18-5-3-16(4-6-18)1-2-17-7-9-22(10-8-17)19(23)15-21-11-13-24-14-12-21;3-1(4)2(5)6/h1-6,17H,7-15,20H2;(H,3,4)(H,5,6)/b2-1+;. The number of carboxylic acid groups (broad SMARTS) is 2. The van der Waals surface area contributed by atoms with Crippen molar-refractivity contribution >= 4 is 29.6 Å². The van der Waals surface area contributed by atoms with Gasteiger partial charge in [0.05, 0.1) is 19.8 Å². The molecule has 0 spiro atoms. The largest absolute Gasteiger partial charge is 0.473 e. The molecule has 2 aliphatic heterocycles. The van der Waals surface area contributed by atoms with Gasteiger partial charge < -0.3 is 25.6 Å². The van der Waals surface area contributed by atoms with Crippen LogP contribution in [0.4, 0.5) is 5.69 Å². The molecular weight excluding hydrogens is 390 g/mol. The summed E-state index contributed by atoms with van der Waals surface area (Å²) in [6.45, 7) is 5.48. The summed E-state index contributed by atoms with van der Waals surface area (Å²) in [5, 5.41) is 14.8. The number of carboxylic acids is 2.